The van der Waals surface area contributed by atoms with Gasteiger partial charge >= 0.3 is 5.97 Å². The first-order valence-corrected chi connectivity index (χ1v) is 6.51. The molecule has 0 heterocycles. The first kappa shape index (κ1) is 14.7. The van der Waals surface area contributed by atoms with Gasteiger partial charge in [0.1, 0.15) is 0 Å². The van der Waals surface area contributed by atoms with Gasteiger partial charge in [0, 0.05) is 12.2 Å². The SMILES string of the molecule is Cc1c(CCO)c(C(=O)O)cc2c1C(=O)[C@](C)(CO)C2. The smallest absolute Gasteiger partial charge is 0.335 e. The Labute approximate surface area is 116 Å². The predicted octanol–water partition coefficient (Wildman–Crippen LogP) is 0.965. The van der Waals surface area contributed by atoms with Gasteiger partial charge in [0.25, 0.3) is 0 Å². The van der Waals surface area contributed by atoms with Crippen LogP contribution in [0.25, 0.3) is 0 Å². The summed E-state index contributed by atoms with van der Waals surface area (Å²) in [5.74, 6) is -1.21. The lowest BCUT2D eigenvalue weighted by Crippen LogP contribution is -2.28. The molecule has 5 heteroatoms. The highest BCUT2D eigenvalue weighted by Crippen LogP contribution is 2.40. The molecule has 0 unspecified atom stereocenters. The second kappa shape index (κ2) is 5.00. The molecule has 0 fully saturated rings. The Morgan fingerprint density at radius 2 is 2.05 bits per heavy atom. The van der Waals surface area contributed by atoms with Crippen LogP contribution in [0.2, 0.25) is 0 Å². The highest BCUT2D eigenvalue weighted by molar-refractivity contribution is 6.07. The predicted molar refractivity (Wildman–Crippen MR) is 72.2 cm³/mol. The molecule has 20 heavy (non-hydrogen) atoms. The van der Waals surface area contributed by atoms with Crippen LogP contribution < -0.4 is 0 Å². The van der Waals surface area contributed by atoms with Crippen molar-refractivity contribution in [2.75, 3.05) is 13.2 Å². The fourth-order valence-electron chi connectivity index (χ4n) is 2.94. The molecule has 0 bridgehead atoms. The summed E-state index contributed by atoms with van der Waals surface area (Å²) in [6.45, 7) is 2.95. The van der Waals surface area contributed by atoms with E-state index < -0.39 is 11.4 Å². The fraction of sp³-hybridized carbons (Fsp3) is 0.467. The van der Waals surface area contributed by atoms with E-state index in [4.69, 9.17) is 5.11 Å². The third kappa shape index (κ3) is 2.03. The van der Waals surface area contributed by atoms with Crippen LogP contribution in [0.3, 0.4) is 0 Å². The zero-order valence-electron chi connectivity index (χ0n) is 11.6. The van der Waals surface area contributed by atoms with Gasteiger partial charge in [0.15, 0.2) is 5.78 Å². The van der Waals surface area contributed by atoms with E-state index in [1.54, 1.807) is 13.8 Å². The Balaban J connectivity index is 2.68. The number of Topliss-reactive ketones (excluding diaryl/α,β-unsaturated/α-hetero) is 1. The van der Waals surface area contributed by atoms with E-state index in [0.717, 1.165) is 0 Å². The number of carboxylic acid groups (broad SMARTS) is 1. The lowest BCUT2D eigenvalue weighted by atomic mass is 9.86. The summed E-state index contributed by atoms with van der Waals surface area (Å²) >= 11 is 0. The molecule has 0 aromatic heterocycles. The standard InChI is InChI=1S/C15H18O5/c1-8-10(3-4-16)11(14(19)20)5-9-6-15(2,7-17)13(18)12(8)9/h5,16-17H,3-4,6-7H2,1-2H3,(H,19,20)/t15-/m0/s1. The molecule has 5 nitrogen and oxygen atoms in total. The second-order valence-corrected chi connectivity index (χ2v) is 5.57. The molecule has 0 aliphatic heterocycles. The zero-order valence-corrected chi connectivity index (χ0v) is 11.6. The summed E-state index contributed by atoms with van der Waals surface area (Å²) in [5, 5.41) is 27.8. The van der Waals surface area contributed by atoms with Gasteiger partial charge in [-0.1, -0.05) is 0 Å². The molecule has 3 N–H and O–H groups in total. The van der Waals surface area contributed by atoms with Gasteiger partial charge in [-0.15, -0.1) is 0 Å². The first-order valence-electron chi connectivity index (χ1n) is 6.51. The molecule has 0 amide bonds. The molecule has 1 aromatic rings. The lowest BCUT2D eigenvalue weighted by Gasteiger charge is -2.17. The Morgan fingerprint density at radius 1 is 1.40 bits per heavy atom. The number of carboxylic acids is 1. The van der Waals surface area contributed by atoms with Crippen molar-refractivity contribution in [1.82, 2.24) is 0 Å². The van der Waals surface area contributed by atoms with E-state index in [1.165, 1.54) is 6.07 Å². The number of hydrogen-bond donors (Lipinski definition) is 3. The molecule has 0 radical (unpaired) electrons. The lowest BCUT2D eigenvalue weighted by molar-refractivity contribution is 0.0692. The summed E-state index contributed by atoms with van der Waals surface area (Å²) in [6.07, 6.45) is 0.544. The molecule has 0 spiro atoms. The maximum Gasteiger partial charge on any atom is 0.335 e. The quantitative estimate of drug-likeness (QED) is 0.762. The normalized spacial score (nSPS) is 21.1. The van der Waals surface area contributed by atoms with Crippen molar-refractivity contribution < 1.29 is 24.9 Å². The van der Waals surface area contributed by atoms with Crippen molar-refractivity contribution in [2.45, 2.75) is 26.7 Å². The molecule has 1 aromatic carbocycles. The molecule has 0 saturated heterocycles. The number of rotatable bonds is 4. The van der Waals surface area contributed by atoms with Crippen LogP contribution in [0.4, 0.5) is 0 Å². The van der Waals surface area contributed by atoms with Gasteiger partial charge in [-0.2, -0.15) is 0 Å². The van der Waals surface area contributed by atoms with Crippen molar-refractivity contribution in [3.05, 3.63) is 33.9 Å². The Hall–Kier alpha value is -1.72. The number of ketones is 1. The van der Waals surface area contributed by atoms with Crippen molar-refractivity contribution >= 4 is 11.8 Å². The number of aliphatic hydroxyl groups is 2. The highest BCUT2D eigenvalue weighted by atomic mass is 16.4. The van der Waals surface area contributed by atoms with Crippen molar-refractivity contribution in [2.24, 2.45) is 5.41 Å². The number of fused-ring (bicyclic) bond motifs is 1. The average molecular weight is 278 g/mol. The van der Waals surface area contributed by atoms with Crippen LogP contribution >= 0.6 is 0 Å². The number of aromatic carboxylic acids is 1. The molecule has 1 atom stereocenters. The van der Waals surface area contributed by atoms with Crippen LogP contribution in [0, 0.1) is 12.3 Å². The van der Waals surface area contributed by atoms with E-state index in [-0.39, 0.29) is 31.0 Å². The number of carbonyl (C=O) groups is 2. The topological polar surface area (TPSA) is 94.8 Å². The number of hydrogen-bond acceptors (Lipinski definition) is 4. The van der Waals surface area contributed by atoms with Crippen LogP contribution in [0.1, 0.15) is 44.3 Å². The van der Waals surface area contributed by atoms with Gasteiger partial charge in [-0.05, 0) is 49.4 Å². The van der Waals surface area contributed by atoms with Crippen LogP contribution in [0.15, 0.2) is 6.07 Å². The van der Waals surface area contributed by atoms with Crippen molar-refractivity contribution in [3.8, 4) is 0 Å². The van der Waals surface area contributed by atoms with Gasteiger partial charge < -0.3 is 15.3 Å². The number of aliphatic hydroxyl groups excluding tert-OH is 2. The summed E-state index contributed by atoms with van der Waals surface area (Å²) in [7, 11) is 0. The Kier molecular flexibility index (Phi) is 3.67. The maximum absolute atomic E-state index is 12.4. The molecule has 2 rings (SSSR count). The number of benzene rings is 1. The molecule has 1 aliphatic carbocycles. The third-order valence-electron chi connectivity index (χ3n) is 4.09. The summed E-state index contributed by atoms with van der Waals surface area (Å²) < 4.78 is 0. The second-order valence-electron chi connectivity index (χ2n) is 5.57. The van der Waals surface area contributed by atoms with Crippen LogP contribution in [-0.2, 0) is 12.8 Å². The van der Waals surface area contributed by atoms with Gasteiger partial charge in [-0.25, -0.2) is 4.79 Å². The third-order valence-corrected chi connectivity index (χ3v) is 4.09. The summed E-state index contributed by atoms with van der Waals surface area (Å²) in [4.78, 5) is 23.8. The minimum absolute atomic E-state index is 0.130. The minimum Gasteiger partial charge on any atom is -0.478 e. The average Bonchev–Trinajstić information content (AvgIpc) is 2.65. The van der Waals surface area contributed by atoms with Gasteiger partial charge in [0.2, 0.25) is 0 Å². The van der Waals surface area contributed by atoms with E-state index >= 15 is 0 Å². The number of carbonyl (C=O) groups excluding carboxylic acids is 1. The van der Waals surface area contributed by atoms with E-state index in [9.17, 15) is 19.8 Å². The first-order chi connectivity index (χ1) is 9.35. The zero-order chi connectivity index (χ0) is 15.1. The summed E-state index contributed by atoms with van der Waals surface area (Å²) in [5.41, 5.74) is 1.54. The van der Waals surface area contributed by atoms with Crippen LogP contribution in [-0.4, -0.2) is 40.3 Å². The molecule has 108 valence electrons. The molecule has 0 saturated carbocycles. The van der Waals surface area contributed by atoms with Gasteiger partial charge in [-0.3, -0.25) is 4.79 Å². The molecular weight excluding hydrogens is 260 g/mol. The summed E-state index contributed by atoms with van der Waals surface area (Å²) in [6, 6.07) is 1.51. The molecular formula is C15H18O5. The van der Waals surface area contributed by atoms with Crippen molar-refractivity contribution in [1.29, 1.82) is 0 Å². The van der Waals surface area contributed by atoms with Gasteiger partial charge in [0.05, 0.1) is 17.6 Å². The highest BCUT2D eigenvalue weighted by Gasteiger charge is 2.43. The van der Waals surface area contributed by atoms with Crippen LogP contribution in [0.5, 0.6) is 0 Å². The largest absolute Gasteiger partial charge is 0.478 e. The van der Waals surface area contributed by atoms with E-state index in [1.807, 2.05) is 0 Å². The van der Waals surface area contributed by atoms with Crippen molar-refractivity contribution in [3.63, 3.8) is 0 Å². The Morgan fingerprint density at radius 3 is 2.55 bits per heavy atom. The fourth-order valence-corrected chi connectivity index (χ4v) is 2.94. The maximum atomic E-state index is 12.4. The Bertz CT molecular complexity index is 590. The molecule has 1 aliphatic rings. The minimum atomic E-state index is -1.07. The van der Waals surface area contributed by atoms with E-state index in [0.29, 0.717) is 28.7 Å². The monoisotopic (exact) mass is 278 g/mol. The van der Waals surface area contributed by atoms with E-state index in [2.05, 4.69) is 0 Å².